The monoisotopic (exact) mass is 596 g/mol. The van der Waals surface area contributed by atoms with Gasteiger partial charge < -0.3 is 15.0 Å². The first kappa shape index (κ1) is 28.2. The first-order chi connectivity index (χ1) is 18.3. The summed E-state index contributed by atoms with van der Waals surface area (Å²) >= 11 is 9.84. The summed E-state index contributed by atoms with van der Waals surface area (Å²) in [5.74, 6) is 0.204. The number of carbonyl (C=O) groups is 2. The van der Waals surface area contributed by atoms with Gasteiger partial charge in [0.05, 0.1) is 0 Å². The number of aryl methyl sites for hydroxylation is 2. The SMILES string of the molecule is Cc1cc(OCC(=O)N(Cc2cccc(Br)c2)C(Cc2ccccc2)C(=O)NC2CCCC2)cc(C)c1Cl. The van der Waals surface area contributed by atoms with Crippen LogP contribution in [0.3, 0.4) is 0 Å². The summed E-state index contributed by atoms with van der Waals surface area (Å²) in [6, 6.07) is 20.8. The highest BCUT2D eigenvalue weighted by molar-refractivity contribution is 9.10. The van der Waals surface area contributed by atoms with E-state index >= 15 is 0 Å². The molecule has 3 aromatic carbocycles. The minimum Gasteiger partial charge on any atom is -0.484 e. The predicted molar refractivity (Wildman–Crippen MR) is 155 cm³/mol. The van der Waals surface area contributed by atoms with Gasteiger partial charge in [-0.15, -0.1) is 0 Å². The molecule has 0 heterocycles. The molecule has 0 saturated heterocycles. The van der Waals surface area contributed by atoms with Gasteiger partial charge in [-0.25, -0.2) is 0 Å². The zero-order valence-electron chi connectivity index (χ0n) is 21.9. The van der Waals surface area contributed by atoms with E-state index in [2.05, 4.69) is 21.2 Å². The molecular formula is C31H34BrClN2O3. The van der Waals surface area contributed by atoms with E-state index in [9.17, 15) is 9.59 Å². The van der Waals surface area contributed by atoms with Gasteiger partial charge >= 0.3 is 0 Å². The molecule has 1 saturated carbocycles. The van der Waals surface area contributed by atoms with Gasteiger partial charge in [-0.3, -0.25) is 9.59 Å². The molecule has 1 aliphatic rings. The van der Waals surface area contributed by atoms with Gasteiger partial charge in [0.1, 0.15) is 11.8 Å². The number of nitrogens with one attached hydrogen (secondary N) is 1. The largest absolute Gasteiger partial charge is 0.484 e. The summed E-state index contributed by atoms with van der Waals surface area (Å²) in [4.78, 5) is 29.2. The minimum atomic E-state index is -0.679. The van der Waals surface area contributed by atoms with E-state index in [-0.39, 0.29) is 31.0 Å². The van der Waals surface area contributed by atoms with E-state index in [0.717, 1.165) is 52.4 Å². The van der Waals surface area contributed by atoms with Crippen molar-refractivity contribution in [2.75, 3.05) is 6.61 Å². The van der Waals surface area contributed by atoms with Gasteiger partial charge in [-0.1, -0.05) is 82.8 Å². The van der Waals surface area contributed by atoms with Crippen molar-refractivity contribution < 1.29 is 14.3 Å². The van der Waals surface area contributed by atoms with Gasteiger partial charge in [0.2, 0.25) is 5.91 Å². The fourth-order valence-corrected chi connectivity index (χ4v) is 5.53. The van der Waals surface area contributed by atoms with Crippen molar-refractivity contribution in [3.05, 3.63) is 98.5 Å². The Morgan fingerprint density at radius 1 is 1.00 bits per heavy atom. The standard InChI is InChI=1S/C31H34BrClN2O3/c1-21-15-27(16-22(2)30(21)33)38-20-29(36)35(19-24-11-8-12-25(32)17-24)28(18-23-9-4-3-5-10-23)31(37)34-26-13-6-7-14-26/h3-5,8-12,15-17,26,28H,6-7,13-14,18-20H2,1-2H3,(H,34,37). The molecule has 3 aromatic rings. The molecular weight excluding hydrogens is 564 g/mol. The van der Waals surface area contributed by atoms with Crippen LogP contribution in [0.1, 0.15) is 47.9 Å². The Labute approximate surface area is 238 Å². The Balaban J connectivity index is 1.62. The van der Waals surface area contributed by atoms with Gasteiger partial charge in [0, 0.05) is 28.5 Å². The fourth-order valence-electron chi connectivity index (χ4n) is 4.97. The topological polar surface area (TPSA) is 58.6 Å². The van der Waals surface area contributed by atoms with Crippen molar-refractivity contribution in [3.8, 4) is 5.75 Å². The van der Waals surface area contributed by atoms with E-state index in [1.54, 1.807) is 4.90 Å². The lowest BCUT2D eigenvalue weighted by Crippen LogP contribution is -2.53. The van der Waals surface area contributed by atoms with E-state index in [1.807, 2.05) is 80.6 Å². The predicted octanol–water partition coefficient (Wildman–Crippen LogP) is 6.80. The molecule has 2 amide bonds. The molecule has 5 nitrogen and oxygen atoms in total. The molecule has 1 fully saturated rings. The molecule has 0 radical (unpaired) electrons. The van der Waals surface area contributed by atoms with Crippen LogP contribution in [0, 0.1) is 13.8 Å². The molecule has 1 unspecified atom stereocenters. The number of halogens is 2. The maximum absolute atomic E-state index is 13.8. The first-order valence-electron chi connectivity index (χ1n) is 13.1. The van der Waals surface area contributed by atoms with Crippen LogP contribution >= 0.6 is 27.5 Å². The minimum absolute atomic E-state index is 0.123. The number of amides is 2. The Bertz CT molecular complexity index is 1240. The molecule has 38 heavy (non-hydrogen) atoms. The van der Waals surface area contributed by atoms with Crippen LogP contribution in [-0.2, 0) is 22.6 Å². The quantitative estimate of drug-likeness (QED) is 0.280. The smallest absolute Gasteiger partial charge is 0.261 e. The summed E-state index contributed by atoms with van der Waals surface area (Å²) in [7, 11) is 0. The summed E-state index contributed by atoms with van der Waals surface area (Å²) in [5.41, 5.74) is 3.70. The van der Waals surface area contributed by atoms with E-state index in [4.69, 9.17) is 16.3 Å². The Morgan fingerprint density at radius 3 is 2.32 bits per heavy atom. The van der Waals surface area contributed by atoms with Crippen LogP contribution in [-0.4, -0.2) is 35.4 Å². The highest BCUT2D eigenvalue weighted by Gasteiger charge is 2.32. The van der Waals surface area contributed by atoms with Crippen LogP contribution in [0.2, 0.25) is 5.02 Å². The van der Waals surface area contributed by atoms with Crippen molar-refractivity contribution in [1.82, 2.24) is 10.2 Å². The van der Waals surface area contributed by atoms with E-state index in [0.29, 0.717) is 17.2 Å². The third-order valence-corrected chi connectivity index (χ3v) is 8.08. The molecule has 0 aromatic heterocycles. The number of hydrogen-bond donors (Lipinski definition) is 1. The normalized spacial score (nSPS) is 14.2. The third-order valence-electron chi connectivity index (χ3n) is 6.99. The van der Waals surface area contributed by atoms with Gasteiger partial charge in [0.15, 0.2) is 6.61 Å². The van der Waals surface area contributed by atoms with Crippen LogP contribution in [0.4, 0.5) is 0 Å². The Morgan fingerprint density at radius 2 is 1.66 bits per heavy atom. The number of carbonyl (C=O) groups excluding carboxylic acids is 2. The van der Waals surface area contributed by atoms with Gasteiger partial charge in [-0.05, 0) is 73.2 Å². The molecule has 0 bridgehead atoms. The molecule has 0 aliphatic heterocycles. The average molecular weight is 598 g/mol. The number of nitrogens with zero attached hydrogens (tertiary/aromatic N) is 1. The second-order valence-electron chi connectivity index (χ2n) is 10.0. The second kappa shape index (κ2) is 13.3. The lowest BCUT2D eigenvalue weighted by molar-refractivity contribution is -0.143. The van der Waals surface area contributed by atoms with Crippen molar-refractivity contribution in [3.63, 3.8) is 0 Å². The molecule has 1 atom stereocenters. The number of ether oxygens (including phenoxy) is 1. The molecule has 0 spiro atoms. The van der Waals surface area contributed by atoms with Gasteiger partial charge in [-0.2, -0.15) is 0 Å². The van der Waals surface area contributed by atoms with Crippen LogP contribution in [0.25, 0.3) is 0 Å². The molecule has 1 N–H and O–H groups in total. The first-order valence-corrected chi connectivity index (χ1v) is 14.2. The van der Waals surface area contributed by atoms with Crippen molar-refractivity contribution in [1.29, 1.82) is 0 Å². The Hall–Kier alpha value is -2.83. The summed E-state index contributed by atoms with van der Waals surface area (Å²) in [6.07, 6.45) is 4.59. The molecule has 200 valence electrons. The average Bonchev–Trinajstić information content (AvgIpc) is 3.41. The van der Waals surface area contributed by atoms with Crippen LogP contribution in [0.15, 0.2) is 71.2 Å². The highest BCUT2D eigenvalue weighted by Crippen LogP contribution is 2.26. The maximum Gasteiger partial charge on any atom is 0.261 e. The summed E-state index contributed by atoms with van der Waals surface area (Å²) in [5, 5.41) is 3.92. The number of hydrogen-bond acceptors (Lipinski definition) is 3. The molecule has 4 rings (SSSR count). The van der Waals surface area contributed by atoms with Crippen LogP contribution in [0.5, 0.6) is 5.75 Å². The number of rotatable bonds is 10. The van der Waals surface area contributed by atoms with Gasteiger partial charge in [0.25, 0.3) is 5.91 Å². The molecule has 1 aliphatic carbocycles. The van der Waals surface area contributed by atoms with Crippen LogP contribution < -0.4 is 10.1 Å². The van der Waals surface area contributed by atoms with Crippen molar-refractivity contribution >= 4 is 39.3 Å². The number of benzene rings is 3. The Kier molecular flexibility index (Phi) is 9.86. The summed E-state index contributed by atoms with van der Waals surface area (Å²) in [6.45, 7) is 3.92. The van der Waals surface area contributed by atoms with Crippen molar-refractivity contribution in [2.45, 2.75) is 64.6 Å². The fraction of sp³-hybridized carbons (Fsp3) is 0.355. The zero-order valence-corrected chi connectivity index (χ0v) is 24.2. The maximum atomic E-state index is 13.8. The second-order valence-corrected chi connectivity index (χ2v) is 11.3. The third kappa shape index (κ3) is 7.61. The van der Waals surface area contributed by atoms with E-state index < -0.39 is 6.04 Å². The lowest BCUT2D eigenvalue weighted by Gasteiger charge is -2.32. The van der Waals surface area contributed by atoms with E-state index in [1.165, 1.54) is 0 Å². The summed E-state index contributed by atoms with van der Waals surface area (Å²) < 4.78 is 6.87. The molecule has 7 heteroatoms. The zero-order chi connectivity index (χ0) is 27.1. The lowest BCUT2D eigenvalue weighted by atomic mass is 10.0. The highest BCUT2D eigenvalue weighted by atomic mass is 79.9. The van der Waals surface area contributed by atoms with Crippen molar-refractivity contribution in [2.24, 2.45) is 0 Å².